The Labute approximate surface area is 227 Å². The van der Waals surface area contributed by atoms with Crippen LogP contribution in [-0.2, 0) is 12.8 Å². The molecule has 5 rings (SSSR count). The molecule has 0 atom stereocenters. The Bertz CT molecular complexity index is 1790. The predicted molar refractivity (Wildman–Crippen MR) is 128 cm³/mol. The summed E-state index contributed by atoms with van der Waals surface area (Å²) in [6.45, 7) is -0.759. The molecule has 16 heteroatoms. The number of amides is 2. The molecule has 3 N–H and O–H groups in total. The number of rotatable bonds is 7. The number of hydrogen-bond acceptors (Lipinski definition) is 7. The Morgan fingerprint density at radius 1 is 1.05 bits per heavy atom. The maximum atomic E-state index is 13.8. The summed E-state index contributed by atoms with van der Waals surface area (Å²) in [6, 6.07) is 5.70. The molecular formula is C25H12F7N3O5S. The van der Waals surface area contributed by atoms with Crippen LogP contribution in [0.1, 0.15) is 31.7 Å². The van der Waals surface area contributed by atoms with E-state index in [1.807, 2.05) is 0 Å². The van der Waals surface area contributed by atoms with Crippen molar-refractivity contribution in [3.8, 4) is 17.1 Å². The Balaban J connectivity index is 1.48. The van der Waals surface area contributed by atoms with E-state index in [2.05, 4.69) is 10.3 Å². The number of nitrogens with two attached hydrogens (primary N) is 1. The van der Waals surface area contributed by atoms with Crippen molar-refractivity contribution in [1.82, 2.24) is 4.98 Å². The van der Waals surface area contributed by atoms with Crippen LogP contribution in [0.3, 0.4) is 0 Å². The van der Waals surface area contributed by atoms with Crippen LogP contribution in [-0.4, -0.2) is 16.8 Å². The van der Waals surface area contributed by atoms with Gasteiger partial charge in [-0.15, -0.1) is 11.3 Å². The summed E-state index contributed by atoms with van der Waals surface area (Å²) in [4.78, 5) is 28.1. The van der Waals surface area contributed by atoms with Crippen molar-refractivity contribution < 1.29 is 53.9 Å². The first-order valence-corrected chi connectivity index (χ1v) is 11.9. The van der Waals surface area contributed by atoms with Crippen LogP contribution in [0.4, 0.5) is 36.4 Å². The van der Waals surface area contributed by atoms with Crippen LogP contribution >= 0.6 is 11.3 Å². The average molecular weight is 599 g/mol. The summed E-state index contributed by atoms with van der Waals surface area (Å²) in [7, 11) is 0. The number of pyridine rings is 1. The summed E-state index contributed by atoms with van der Waals surface area (Å²) in [5.74, 6) is -11.1. The molecule has 41 heavy (non-hydrogen) atoms. The first kappa shape index (κ1) is 27.7. The number of alkyl halides is 3. The minimum Gasteiger partial charge on any atom is -0.479 e. The quantitative estimate of drug-likeness (QED) is 0.160. The van der Waals surface area contributed by atoms with E-state index in [9.17, 15) is 40.3 Å². The van der Waals surface area contributed by atoms with Gasteiger partial charge in [0.15, 0.2) is 23.1 Å². The number of nitrogens with one attached hydrogen (secondary N) is 1. The highest BCUT2D eigenvalue weighted by atomic mass is 32.1. The second-order valence-electron chi connectivity index (χ2n) is 8.19. The predicted octanol–water partition coefficient (Wildman–Crippen LogP) is 6.65. The van der Waals surface area contributed by atoms with Gasteiger partial charge in [-0.1, -0.05) is 0 Å². The van der Waals surface area contributed by atoms with Crippen molar-refractivity contribution in [2.24, 2.45) is 5.73 Å². The van der Waals surface area contributed by atoms with Crippen LogP contribution in [0, 0.1) is 23.3 Å². The van der Waals surface area contributed by atoms with Gasteiger partial charge in [0.1, 0.15) is 33.5 Å². The molecule has 0 bridgehead atoms. The molecular weight excluding hydrogens is 587 g/mol. The molecule has 0 saturated heterocycles. The Morgan fingerprint density at radius 2 is 1.76 bits per heavy atom. The average Bonchev–Trinajstić information content (AvgIpc) is 3.67. The van der Waals surface area contributed by atoms with E-state index >= 15 is 0 Å². The topological polar surface area (TPSA) is 121 Å². The monoisotopic (exact) mass is 599 g/mol. The fraction of sp³-hybridized carbons (Fsp3) is 0.0800. The molecule has 2 amide bonds. The van der Waals surface area contributed by atoms with Crippen molar-refractivity contribution in [3.05, 3.63) is 88.0 Å². The Morgan fingerprint density at radius 3 is 2.37 bits per heavy atom. The number of carbonyl (C=O) groups is 2. The summed E-state index contributed by atoms with van der Waals surface area (Å²) in [6.07, 6.45) is -3.65. The normalized spacial score (nSPS) is 11.7. The number of anilines is 1. The summed E-state index contributed by atoms with van der Waals surface area (Å²) in [5.41, 5.74) is 3.72. The SMILES string of the molecule is NC(=O)c1sc2nc(C(F)(F)F)cc(-c3ccco3)c2c1NC(=O)c1ccc(COc2c(F)c(F)cc(F)c2F)o1. The van der Waals surface area contributed by atoms with Gasteiger partial charge in [0, 0.05) is 17.0 Å². The molecule has 0 aliphatic carbocycles. The van der Waals surface area contributed by atoms with Gasteiger partial charge in [0.25, 0.3) is 11.8 Å². The number of halogens is 7. The van der Waals surface area contributed by atoms with Crippen LogP contribution in [0.15, 0.2) is 51.5 Å². The van der Waals surface area contributed by atoms with Gasteiger partial charge in [0.2, 0.25) is 11.6 Å². The zero-order chi connectivity index (χ0) is 29.6. The van der Waals surface area contributed by atoms with Gasteiger partial charge in [-0.05, 0) is 30.3 Å². The van der Waals surface area contributed by atoms with Crippen molar-refractivity contribution in [3.63, 3.8) is 0 Å². The summed E-state index contributed by atoms with van der Waals surface area (Å²) >= 11 is 0.502. The van der Waals surface area contributed by atoms with Gasteiger partial charge < -0.3 is 24.6 Å². The highest BCUT2D eigenvalue weighted by Gasteiger charge is 2.35. The third-order valence-corrected chi connectivity index (χ3v) is 6.62. The second kappa shape index (κ2) is 10.3. The Kier molecular flexibility index (Phi) is 6.94. The highest BCUT2D eigenvalue weighted by Crippen LogP contribution is 2.44. The number of fused-ring (bicyclic) bond motifs is 1. The summed E-state index contributed by atoms with van der Waals surface area (Å²) < 4.78 is 110. The number of furan rings is 2. The van der Waals surface area contributed by atoms with E-state index in [1.165, 1.54) is 18.4 Å². The molecule has 212 valence electrons. The largest absolute Gasteiger partial charge is 0.479 e. The van der Waals surface area contributed by atoms with Crippen LogP contribution in [0.5, 0.6) is 5.75 Å². The first-order chi connectivity index (χ1) is 19.3. The first-order valence-electron chi connectivity index (χ1n) is 11.1. The molecule has 5 aromatic rings. The number of nitrogens with zero attached hydrogens (tertiary/aromatic N) is 1. The minimum absolute atomic E-state index is 0.00189. The van der Waals surface area contributed by atoms with Crippen LogP contribution in [0.2, 0.25) is 0 Å². The van der Waals surface area contributed by atoms with Gasteiger partial charge in [-0.2, -0.15) is 22.0 Å². The molecule has 0 fully saturated rings. The lowest BCUT2D eigenvalue weighted by Crippen LogP contribution is -2.16. The third kappa shape index (κ3) is 5.20. The Hall–Kier alpha value is -4.86. The molecule has 4 heterocycles. The molecule has 0 spiro atoms. The van der Waals surface area contributed by atoms with E-state index < -0.39 is 65.1 Å². The maximum Gasteiger partial charge on any atom is 0.433 e. The molecule has 0 unspecified atom stereocenters. The van der Waals surface area contributed by atoms with Gasteiger partial charge in [-0.3, -0.25) is 9.59 Å². The van der Waals surface area contributed by atoms with Crippen molar-refractivity contribution in [2.75, 3.05) is 5.32 Å². The zero-order valence-corrected chi connectivity index (χ0v) is 20.7. The van der Waals surface area contributed by atoms with Crippen LogP contribution < -0.4 is 15.8 Å². The van der Waals surface area contributed by atoms with E-state index in [4.69, 9.17) is 19.3 Å². The number of primary amides is 1. The number of thiophene rings is 1. The number of benzene rings is 1. The van der Waals surface area contributed by atoms with E-state index in [1.54, 1.807) is 0 Å². The molecule has 4 aromatic heterocycles. The lowest BCUT2D eigenvalue weighted by atomic mass is 10.1. The van der Waals surface area contributed by atoms with E-state index in [0.29, 0.717) is 17.4 Å². The number of ether oxygens (including phenoxy) is 1. The summed E-state index contributed by atoms with van der Waals surface area (Å²) in [5, 5.41) is 2.29. The fourth-order valence-electron chi connectivity index (χ4n) is 3.74. The molecule has 0 radical (unpaired) electrons. The van der Waals surface area contributed by atoms with Crippen molar-refractivity contribution in [1.29, 1.82) is 0 Å². The van der Waals surface area contributed by atoms with E-state index in [0.717, 1.165) is 12.1 Å². The zero-order valence-electron chi connectivity index (χ0n) is 19.9. The third-order valence-electron chi connectivity index (χ3n) is 5.52. The molecule has 1 aromatic carbocycles. The molecule has 8 nitrogen and oxygen atoms in total. The lowest BCUT2D eigenvalue weighted by molar-refractivity contribution is -0.140. The molecule has 0 aliphatic rings. The van der Waals surface area contributed by atoms with Crippen LogP contribution in [0.25, 0.3) is 21.5 Å². The molecule has 0 saturated carbocycles. The second-order valence-corrected chi connectivity index (χ2v) is 9.19. The fourth-order valence-corrected chi connectivity index (χ4v) is 4.74. The van der Waals surface area contributed by atoms with Gasteiger partial charge in [-0.25, -0.2) is 13.8 Å². The van der Waals surface area contributed by atoms with Gasteiger partial charge >= 0.3 is 6.18 Å². The van der Waals surface area contributed by atoms with Crippen molar-refractivity contribution in [2.45, 2.75) is 12.8 Å². The number of carbonyl (C=O) groups excluding carboxylic acids is 2. The standard InChI is InChI=1S/C25H12F7N3O5S/c26-11-7-12(27)18(29)20(17(11)28)39-8-9-3-4-14(40-9)23(37)35-19-16-10(13-2-1-5-38-13)6-15(25(30,31)32)34-24(16)41-21(19)22(33)36/h1-7H,8H2,(H2,33,36)(H,35,37). The lowest BCUT2D eigenvalue weighted by Gasteiger charge is -2.10. The van der Waals surface area contributed by atoms with E-state index in [-0.39, 0.29) is 43.9 Å². The highest BCUT2D eigenvalue weighted by molar-refractivity contribution is 7.21. The molecule has 0 aliphatic heterocycles. The number of hydrogen-bond donors (Lipinski definition) is 2. The van der Waals surface area contributed by atoms with Crippen molar-refractivity contribution >= 4 is 39.1 Å². The number of aromatic nitrogens is 1. The van der Waals surface area contributed by atoms with Gasteiger partial charge in [0.05, 0.1) is 12.0 Å². The smallest absolute Gasteiger partial charge is 0.433 e. The maximum absolute atomic E-state index is 13.8. The minimum atomic E-state index is -4.86.